The molecule has 0 bridgehead atoms. The maximum atomic E-state index is 11.7. The smallest absolute Gasteiger partial charge is 0.334 e. The van der Waals surface area contributed by atoms with Crippen LogP contribution in [-0.4, -0.2) is 60.3 Å². The van der Waals surface area contributed by atoms with E-state index in [2.05, 4.69) is 5.32 Å². The molecule has 1 atom stereocenters. The number of nitrogens with zero attached hydrogens (tertiary/aromatic N) is 1. The summed E-state index contributed by atoms with van der Waals surface area (Å²) in [5.74, 6) is -1.10. The number of carbonyl (C=O) groups excluding carboxylic acids is 1. The molecule has 1 heterocycles. The molecule has 1 aliphatic rings. The minimum atomic E-state index is -1.02. The quantitative estimate of drug-likeness (QED) is 0.667. The number of hydrogen-bond acceptors (Lipinski definition) is 4. The van der Waals surface area contributed by atoms with E-state index in [0.29, 0.717) is 6.54 Å². The molecule has 92 valence electrons. The van der Waals surface area contributed by atoms with E-state index in [1.807, 2.05) is 13.8 Å². The third-order valence-electron chi connectivity index (χ3n) is 2.36. The number of nitrogens with one attached hydrogen (secondary N) is 1. The lowest BCUT2D eigenvalue weighted by atomic mass is 10.2. The monoisotopic (exact) mass is 230 g/mol. The highest BCUT2D eigenvalue weighted by molar-refractivity contribution is 5.80. The number of aliphatic carboxylic acids is 1. The van der Waals surface area contributed by atoms with Gasteiger partial charge in [-0.05, 0) is 0 Å². The van der Waals surface area contributed by atoms with Gasteiger partial charge in [-0.25, -0.2) is 4.79 Å². The van der Waals surface area contributed by atoms with Gasteiger partial charge in [0.25, 0.3) is 0 Å². The van der Waals surface area contributed by atoms with E-state index in [1.165, 1.54) is 4.90 Å². The molecule has 16 heavy (non-hydrogen) atoms. The van der Waals surface area contributed by atoms with Gasteiger partial charge >= 0.3 is 5.97 Å². The van der Waals surface area contributed by atoms with Gasteiger partial charge in [-0.1, -0.05) is 13.8 Å². The summed E-state index contributed by atoms with van der Waals surface area (Å²) in [5.41, 5.74) is 0. The predicted molar refractivity (Wildman–Crippen MR) is 57.1 cm³/mol. The van der Waals surface area contributed by atoms with Crippen LogP contribution in [0.1, 0.15) is 13.8 Å². The molecule has 1 unspecified atom stereocenters. The Labute approximate surface area is 94.6 Å². The molecule has 1 fully saturated rings. The molecular weight excluding hydrogens is 212 g/mol. The molecular formula is C10H18N2O4. The minimum Gasteiger partial charge on any atom is -0.479 e. The fourth-order valence-electron chi connectivity index (χ4n) is 1.43. The van der Waals surface area contributed by atoms with Gasteiger partial charge in [0.2, 0.25) is 5.91 Å². The van der Waals surface area contributed by atoms with Crippen LogP contribution in [0.3, 0.4) is 0 Å². The molecule has 1 aliphatic heterocycles. The summed E-state index contributed by atoms with van der Waals surface area (Å²) < 4.78 is 5.03. The van der Waals surface area contributed by atoms with Crippen molar-refractivity contribution in [3.63, 3.8) is 0 Å². The van der Waals surface area contributed by atoms with Crippen LogP contribution >= 0.6 is 0 Å². The highest BCUT2D eigenvalue weighted by Gasteiger charge is 2.28. The van der Waals surface area contributed by atoms with Gasteiger partial charge in [0.1, 0.15) is 0 Å². The molecule has 0 radical (unpaired) electrons. The van der Waals surface area contributed by atoms with Crippen molar-refractivity contribution in [2.75, 3.05) is 26.2 Å². The van der Waals surface area contributed by atoms with Crippen molar-refractivity contribution >= 4 is 11.9 Å². The minimum absolute atomic E-state index is 0.0803. The third kappa shape index (κ3) is 3.79. The topological polar surface area (TPSA) is 78.9 Å². The van der Waals surface area contributed by atoms with Gasteiger partial charge in [-0.15, -0.1) is 0 Å². The van der Waals surface area contributed by atoms with E-state index in [1.54, 1.807) is 0 Å². The molecule has 6 heteroatoms. The average Bonchev–Trinajstić information content (AvgIpc) is 2.26. The largest absolute Gasteiger partial charge is 0.479 e. The van der Waals surface area contributed by atoms with E-state index in [0.717, 1.165) is 0 Å². The van der Waals surface area contributed by atoms with E-state index in [-0.39, 0.29) is 31.6 Å². The fraction of sp³-hybridized carbons (Fsp3) is 0.800. The van der Waals surface area contributed by atoms with E-state index in [9.17, 15) is 9.59 Å². The van der Waals surface area contributed by atoms with Crippen LogP contribution in [0.5, 0.6) is 0 Å². The standard InChI is InChI=1S/C10H18N2O4/c1-7(2)11-5-9(13)12-3-4-16-8(6-12)10(14)15/h7-8,11H,3-6H2,1-2H3,(H,14,15). The summed E-state index contributed by atoms with van der Waals surface area (Å²) in [6, 6.07) is 0.236. The zero-order valence-corrected chi connectivity index (χ0v) is 9.60. The fourth-order valence-corrected chi connectivity index (χ4v) is 1.43. The molecule has 2 N–H and O–H groups in total. The normalized spacial score (nSPS) is 21.2. The maximum absolute atomic E-state index is 11.7. The van der Waals surface area contributed by atoms with Crippen LogP contribution in [0.15, 0.2) is 0 Å². The summed E-state index contributed by atoms with van der Waals surface area (Å²) in [4.78, 5) is 23.9. The number of morpholine rings is 1. The van der Waals surface area contributed by atoms with Gasteiger partial charge < -0.3 is 20.1 Å². The van der Waals surface area contributed by atoms with Gasteiger partial charge in [0.15, 0.2) is 6.10 Å². The Kier molecular flexibility index (Phi) is 4.70. The maximum Gasteiger partial charge on any atom is 0.334 e. The zero-order chi connectivity index (χ0) is 12.1. The SMILES string of the molecule is CC(C)NCC(=O)N1CCOC(C(=O)O)C1. The number of carbonyl (C=O) groups is 2. The first kappa shape index (κ1) is 12.9. The molecule has 1 rings (SSSR count). The lowest BCUT2D eigenvalue weighted by molar-refractivity contribution is -0.159. The van der Waals surface area contributed by atoms with Crippen molar-refractivity contribution in [2.45, 2.75) is 26.0 Å². The van der Waals surface area contributed by atoms with Crippen molar-refractivity contribution < 1.29 is 19.4 Å². The summed E-state index contributed by atoms with van der Waals surface area (Å²) in [7, 11) is 0. The Hall–Kier alpha value is -1.14. The number of rotatable bonds is 4. The van der Waals surface area contributed by atoms with Crippen LogP contribution in [0.2, 0.25) is 0 Å². The average molecular weight is 230 g/mol. The van der Waals surface area contributed by atoms with Gasteiger partial charge in [0, 0.05) is 12.6 Å². The Morgan fingerprint density at radius 3 is 2.81 bits per heavy atom. The summed E-state index contributed by atoms with van der Waals surface area (Å²) in [6.07, 6.45) is -0.892. The highest BCUT2D eigenvalue weighted by Crippen LogP contribution is 2.05. The Morgan fingerprint density at radius 2 is 2.25 bits per heavy atom. The van der Waals surface area contributed by atoms with Gasteiger partial charge in [-0.3, -0.25) is 4.79 Å². The molecule has 1 amide bonds. The van der Waals surface area contributed by atoms with Crippen molar-refractivity contribution in [3.05, 3.63) is 0 Å². The van der Waals surface area contributed by atoms with E-state index >= 15 is 0 Å². The van der Waals surface area contributed by atoms with Crippen LogP contribution in [0.25, 0.3) is 0 Å². The lowest BCUT2D eigenvalue weighted by Crippen LogP contribution is -2.51. The summed E-state index contributed by atoms with van der Waals surface area (Å²) in [5, 5.41) is 11.8. The van der Waals surface area contributed by atoms with Crippen molar-refractivity contribution in [1.82, 2.24) is 10.2 Å². The Balaban J connectivity index is 2.41. The first-order valence-corrected chi connectivity index (χ1v) is 5.36. The molecule has 0 saturated carbocycles. The summed E-state index contributed by atoms with van der Waals surface area (Å²) >= 11 is 0. The zero-order valence-electron chi connectivity index (χ0n) is 9.60. The van der Waals surface area contributed by atoms with E-state index < -0.39 is 12.1 Å². The molecule has 6 nitrogen and oxygen atoms in total. The molecule has 0 spiro atoms. The van der Waals surface area contributed by atoms with Gasteiger partial charge in [-0.2, -0.15) is 0 Å². The molecule has 1 saturated heterocycles. The Morgan fingerprint density at radius 1 is 1.56 bits per heavy atom. The first-order chi connectivity index (χ1) is 7.50. The highest BCUT2D eigenvalue weighted by atomic mass is 16.5. The molecule has 0 aromatic carbocycles. The lowest BCUT2D eigenvalue weighted by Gasteiger charge is -2.31. The van der Waals surface area contributed by atoms with E-state index in [4.69, 9.17) is 9.84 Å². The van der Waals surface area contributed by atoms with Crippen LogP contribution in [-0.2, 0) is 14.3 Å². The second-order valence-electron chi connectivity index (χ2n) is 4.07. The number of ether oxygens (including phenoxy) is 1. The first-order valence-electron chi connectivity index (χ1n) is 5.36. The van der Waals surface area contributed by atoms with Gasteiger partial charge in [0.05, 0.1) is 19.7 Å². The van der Waals surface area contributed by atoms with Crippen LogP contribution < -0.4 is 5.32 Å². The number of carboxylic acid groups (broad SMARTS) is 1. The van der Waals surface area contributed by atoms with Crippen LogP contribution in [0.4, 0.5) is 0 Å². The number of hydrogen-bond donors (Lipinski definition) is 2. The number of amides is 1. The summed E-state index contributed by atoms with van der Waals surface area (Å²) in [6.45, 7) is 5.02. The van der Waals surface area contributed by atoms with Crippen molar-refractivity contribution in [1.29, 1.82) is 0 Å². The van der Waals surface area contributed by atoms with Crippen molar-refractivity contribution in [2.24, 2.45) is 0 Å². The number of carboxylic acids is 1. The Bertz CT molecular complexity index is 268. The molecule has 0 aliphatic carbocycles. The second-order valence-corrected chi connectivity index (χ2v) is 4.07. The van der Waals surface area contributed by atoms with Crippen molar-refractivity contribution in [3.8, 4) is 0 Å². The molecule has 0 aromatic heterocycles. The predicted octanol–water partition coefficient (Wildman–Crippen LogP) is -0.704. The molecule has 0 aromatic rings. The van der Waals surface area contributed by atoms with Crippen LogP contribution in [0, 0.1) is 0 Å². The third-order valence-corrected chi connectivity index (χ3v) is 2.36. The second kappa shape index (κ2) is 5.81.